The van der Waals surface area contributed by atoms with Crippen LogP contribution in [-0.4, -0.2) is 27.4 Å². The molecule has 6 heteroatoms. The lowest BCUT2D eigenvalue weighted by atomic mass is 10.1. The second-order valence-electron chi connectivity index (χ2n) is 3.26. The van der Waals surface area contributed by atoms with E-state index in [1.807, 2.05) is 0 Å². The fraction of sp³-hybridized carbons (Fsp3) is 0.444. The lowest BCUT2D eigenvalue weighted by Crippen LogP contribution is -2.22. The van der Waals surface area contributed by atoms with Crippen molar-refractivity contribution in [2.24, 2.45) is 5.92 Å². The summed E-state index contributed by atoms with van der Waals surface area (Å²) in [5.74, 6) is 2.54. The summed E-state index contributed by atoms with van der Waals surface area (Å²) in [6, 6.07) is 1.63. The Morgan fingerprint density at radius 2 is 2.53 bits per heavy atom. The number of aromatic nitrogens is 2. The summed E-state index contributed by atoms with van der Waals surface area (Å²) in [5, 5.41) is 2.88. The Labute approximate surface area is 96.8 Å². The number of halogens is 1. The van der Waals surface area contributed by atoms with Gasteiger partial charge >= 0.3 is 0 Å². The Balaban J connectivity index is 1.99. The van der Waals surface area contributed by atoms with Gasteiger partial charge in [-0.25, -0.2) is 9.97 Å². The molecule has 1 aliphatic rings. The molecule has 1 atom stereocenters. The van der Waals surface area contributed by atoms with Crippen molar-refractivity contribution in [2.75, 3.05) is 16.8 Å². The third-order valence-corrected chi connectivity index (χ3v) is 3.52. The first-order chi connectivity index (χ1) is 7.25. The smallest absolute Gasteiger partial charge is 0.229 e. The van der Waals surface area contributed by atoms with E-state index >= 15 is 0 Å². The Hall–Kier alpha value is -0.810. The van der Waals surface area contributed by atoms with E-state index in [0.717, 1.165) is 17.9 Å². The first-order valence-corrected chi connectivity index (χ1v) is 6.16. The van der Waals surface area contributed by atoms with Crippen LogP contribution in [0.1, 0.15) is 6.42 Å². The van der Waals surface area contributed by atoms with Gasteiger partial charge in [-0.1, -0.05) is 0 Å². The highest BCUT2D eigenvalue weighted by Crippen LogP contribution is 2.24. The number of hydrogen-bond acceptors (Lipinski definition) is 4. The van der Waals surface area contributed by atoms with Crippen molar-refractivity contribution >= 4 is 35.1 Å². The molecule has 1 N–H and O–H groups in total. The van der Waals surface area contributed by atoms with Crippen molar-refractivity contribution in [2.45, 2.75) is 6.42 Å². The number of rotatable bonds is 2. The molecule has 2 heterocycles. The number of nitrogens with zero attached hydrogens (tertiary/aromatic N) is 2. The Kier molecular flexibility index (Phi) is 3.43. The highest BCUT2D eigenvalue weighted by molar-refractivity contribution is 7.99. The number of thioether (sulfide) groups is 1. The van der Waals surface area contributed by atoms with Crippen LogP contribution in [0, 0.1) is 5.92 Å². The van der Waals surface area contributed by atoms with Gasteiger partial charge < -0.3 is 5.32 Å². The molecule has 0 radical (unpaired) electrons. The molecule has 1 unspecified atom stereocenters. The summed E-state index contributed by atoms with van der Waals surface area (Å²) >= 11 is 7.41. The van der Waals surface area contributed by atoms with Crippen molar-refractivity contribution in [3.05, 3.63) is 17.5 Å². The average molecular weight is 244 g/mol. The van der Waals surface area contributed by atoms with Gasteiger partial charge in [-0.05, 0) is 29.8 Å². The first kappa shape index (κ1) is 10.7. The SMILES string of the molecule is O=C(Nc1ccnc(Cl)n1)C1CCSC1. The molecule has 1 saturated heterocycles. The van der Waals surface area contributed by atoms with Gasteiger partial charge in [0.05, 0.1) is 0 Å². The fourth-order valence-electron chi connectivity index (χ4n) is 1.37. The van der Waals surface area contributed by atoms with Crippen LogP contribution in [0.2, 0.25) is 5.28 Å². The third kappa shape index (κ3) is 2.82. The molecule has 0 aromatic carbocycles. The largest absolute Gasteiger partial charge is 0.310 e. The number of amides is 1. The monoisotopic (exact) mass is 243 g/mol. The number of hydrogen-bond donors (Lipinski definition) is 1. The van der Waals surface area contributed by atoms with Crippen LogP contribution in [0.25, 0.3) is 0 Å². The summed E-state index contributed by atoms with van der Waals surface area (Å²) in [6.45, 7) is 0. The first-order valence-electron chi connectivity index (χ1n) is 4.63. The zero-order valence-corrected chi connectivity index (χ0v) is 9.51. The lowest BCUT2D eigenvalue weighted by molar-refractivity contribution is -0.119. The molecule has 0 aliphatic carbocycles. The van der Waals surface area contributed by atoms with Gasteiger partial charge in [-0.2, -0.15) is 11.8 Å². The summed E-state index contributed by atoms with van der Waals surface area (Å²) in [4.78, 5) is 19.3. The molecule has 0 spiro atoms. The molecule has 4 nitrogen and oxygen atoms in total. The van der Waals surface area contributed by atoms with E-state index in [4.69, 9.17) is 11.6 Å². The van der Waals surface area contributed by atoms with Gasteiger partial charge in [0, 0.05) is 17.9 Å². The van der Waals surface area contributed by atoms with Gasteiger partial charge in [0.1, 0.15) is 5.82 Å². The molecule has 1 fully saturated rings. The standard InChI is InChI=1S/C9H10ClN3OS/c10-9-11-3-1-7(13-9)12-8(14)6-2-4-15-5-6/h1,3,6H,2,4-5H2,(H,11,12,13,14). The van der Waals surface area contributed by atoms with Crippen LogP contribution in [-0.2, 0) is 4.79 Å². The normalized spacial score (nSPS) is 20.2. The summed E-state index contributed by atoms with van der Waals surface area (Å²) in [6.07, 6.45) is 2.46. The summed E-state index contributed by atoms with van der Waals surface area (Å²) in [7, 11) is 0. The van der Waals surface area contributed by atoms with Crippen LogP contribution in [0.4, 0.5) is 5.82 Å². The minimum Gasteiger partial charge on any atom is -0.310 e. The molecule has 80 valence electrons. The molecular weight excluding hydrogens is 234 g/mol. The predicted molar refractivity (Wildman–Crippen MR) is 61.1 cm³/mol. The zero-order valence-electron chi connectivity index (χ0n) is 7.94. The van der Waals surface area contributed by atoms with Crippen molar-refractivity contribution in [3.8, 4) is 0 Å². The molecule has 0 bridgehead atoms. The molecule has 1 aliphatic heterocycles. The van der Waals surface area contributed by atoms with E-state index in [-0.39, 0.29) is 17.1 Å². The Bertz CT molecular complexity index is 368. The van der Waals surface area contributed by atoms with Crippen molar-refractivity contribution < 1.29 is 4.79 Å². The maximum Gasteiger partial charge on any atom is 0.229 e. The van der Waals surface area contributed by atoms with E-state index in [2.05, 4.69) is 15.3 Å². The van der Waals surface area contributed by atoms with E-state index < -0.39 is 0 Å². The van der Waals surface area contributed by atoms with E-state index in [1.165, 1.54) is 6.20 Å². The summed E-state index contributed by atoms with van der Waals surface area (Å²) < 4.78 is 0. The minimum absolute atomic E-state index is 0.0229. The molecule has 1 aromatic rings. The highest BCUT2D eigenvalue weighted by Gasteiger charge is 2.23. The molecule has 1 amide bonds. The second-order valence-corrected chi connectivity index (χ2v) is 4.75. The quantitative estimate of drug-likeness (QED) is 0.806. The van der Waals surface area contributed by atoms with Gasteiger partial charge in [0.25, 0.3) is 0 Å². The molecule has 15 heavy (non-hydrogen) atoms. The second kappa shape index (κ2) is 4.81. The van der Waals surface area contributed by atoms with E-state index in [1.54, 1.807) is 17.8 Å². The minimum atomic E-state index is 0.0229. The van der Waals surface area contributed by atoms with Gasteiger partial charge in [0.15, 0.2) is 0 Å². The predicted octanol–water partition coefficient (Wildman–Crippen LogP) is 1.82. The van der Waals surface area contributed by atoms with Crippen LogP contribution in [0.5, 0.6) is 0 Å². The number of carbonyl (C=O) groups is 1. The topological polar surface area (TPSA) is 54.9 Å². The van der Waals surface area contributed by atoms with Gasteiger partial charge in [0.2, 0.25) is 11.2 Å². The summed E-state index contributed by atoms with van der Waals surface area (Å²) in [5.41, 5.74) is 0. The number of nitrogens with one attached hydrogen (secondary N) is 1. The molecule has 1 aromatic heterocycles. The maximum absolute atomic E-state index is 11.7. The molecule has 2 rings (SSSR count). The third-order valence-electron chi connectivity index (χ3n) is 2.18. The van der Waals surface area contributed by atoms with Crippen LogP contribution in [0.3, 0.4) is 0 Å². The van der Waals surface area contributed by atoms with Crippen molar-refractivity contribution in [1.82, 2.24) is 9.97 Å². The molecule has 0 saturated carbocycles. The van der Waals surface area contributed by atoms with E-state index in [0.29, 0.717) is 5.82 Å². The van der Waals surface area contributed by atoms with Crippen molar-refractivity contribution in [3.63, 3.8) is 0 Å². The Morgan fingerprint density at radius 3 is 3.20 bits per heavy atom. The van der Waals surface area contributed by atoms with E-state index in [9.17, 15) is 4.79 Å². The van der Waals surface area contributed by atoms with Crippen LogP contribution in [0.15, 0.2) is 12.3 Å². The van der Waals surface area contributed by atoms with Gasteiger partial charge in [-0.15, -0.1) is 0 Å². The molecular formula is C9H10ClN3OS. The lowest BCUT2D eigenvalue weighted by Gasteiger charge is -2.08. The average Bonchev–Trinajstić information content (AvgIpc) is 2.70. The number of carbonyl (C=O) groups excluding carboxylic acids is 1. The number of anilines is 1. The van der Waals surface area contributed by atoms with Gasteiger partial charge in [-0.3, -0.25) is 4.79 Å². The van der Waals surface area contributed by atoms with Crippen LogP contribution < -0.4 is 5.32 Å². The zero-order chi connectivity index (χ0) is 10.7. The van der Waals surface area contributed by atoms with Crippen molar-refractivity contribution in [1.29, 1.82) is 0 Å². The highest BCUT2D eigenvalue weighted by atomic mass is 35.5. The maximum atomic E-state index is 11.7. The Morgan fingerprint density at radius 1 is 1.67 bits per heavy atom. The van der Waals surface area contributed by atoms with Crippen LogP contribution >= 0.6 is 23.4 Å². The fourth-order valence-corrected chi connectivity index (χ4v) is 2.74.